The molecule has 5 heterocycles. The lowest BCUT2D eigenvalue weighted by molar-refractivity contribution is -0.358. The summed E-state index contributed by atoms with van der Waals surface area (Å²) in [5.41, 5.74) is 0. The Bertz CT molecular complexity index is 2360. The Labute approximate surface area is 484 Å². The molecule has 0 bridgehead atoms. The zero-order valence-corrected chi connectivity index (χ0v) is 47.4. The van der Waals surface area contributed by atoms with E-state index in [1.165, 1.54) is 6.92 Å². The minimum Gasteiger partial charge on any atom is -0.394 e. The monoisotopic (exact) mass is 1260 g/mol. The smallest absolute Gasteiger partial charge is 0.394 e. The van der Waals surface area contributed by atoms with Gasteiger partial charge in [0.15, 0.2) is 31.5 Å². The first kappa shape index (κ1) is 70.4. The quantitative estimate of drug-likeness (QED) is 0.0448. The molecule has 6 aliphatic rings. The molecule has 1 aliphatic carbocycles. The van der Waals surface area contributed by atoms with Crippen LogP contribution >= 0.6 is 0 Å². The molecule has 38 heteroatoms. The van der Waals surface area contributed by atoms with Gasteiger partial charge in [-0.1, -0.05) is 0 Å². The summed E-state index contributed by atoms with van der Waals surface area (Å²) in [7, 11) is -5.33. The molecular weight excluding hydrogens is 1180 g/mol. The molecular formula is C47H79N5O32S. The van der Waals surface area contributed by atoms with Gasteiger partial charge in [-0.2, -0.15) is 8.42 Å². The molecule has 0 aromatic rings. The van der Waals surface area contributed by atoms with E-state index in [1.807, 2.05) is 0 Å². The first-order chi connectivity index (χ1) is 39.8. The zero-order valence-electron chi connectivity index (χ0n) is 46.6. The van der Waals surface area contributed by atoms with Crippen LogP contribution in [0.25, 0.3) is 0 Å². The maximum Gasteiger partial charge on any atom is 0.397 e. The summed E-state index contributed by atoms with van der Waals surface area (Å²) in [6.45, 7) is 1.62. The average molecular weight is 1260 g/mol. The van der Waals surface area contributed by atoms with Crippen molar-refractivity contribution in [2.45, 2.75) is 226 Å². The van der Waals surface area contributed by atoms with Gasteiger partial charge in [-0.25, -0.2) is 4.18 Å². The highest BCUT2D eigenvalue weighted by Crippen LogP contribution is 2.39. The average Bonchev–Trinajstić information content (AvgIpc) is 3.50. The molecule has 5 amide bonds. The first-order valence-electron chi connectivity index (χ1n) is 26.9. The van der Waals surface area contributed by atoms with E-state index >= 15 is 0 Å². The van der Waals surface area contributed by atoms with Crippen LogP contribution in [0.3, 0.4) is 0 Å². The van der Waals surface area contributed by atoms with E-state index in [2.05, 4.69) is 26.6 Å². The topological polar surface area (TPSA) is 564 Å². The van der Waals surface area contributed by atoms with Crippen LogP contribution in [0.5, 0.6) is 0 Å². The standard InChI is InChI=1S/C47H79N5O32S/c1-13-30(61)37(68)38(69)47(76-13)74-12-24-42(34(65)26(43(70)78-24)49-15(3)57)77-20-7-19(11-75-85(71,72)73)39(33(64)25(20)48-14(2)56)82-45-28(51-17(5)59)35(66)41(22(9-54)80-45)84-46-29(52-18(6)60)36(67)40(23(10-55)81-46)83-44-27(50-16(4)58)32(63)31(62)21(8-53)79-44/h13,19-47,53-55,61-70H,7-12H2,1-6H3,(H,48,56)(H,49,57)(H,50,58)(H,51,59)(H,52,60)(H,71,72,73). The normalized spacial score (nSPS) is 44.3. The number of hydrogen-bond acceptors (Lipinski definition) is 31. The van der Waals surface area contributed by atoms with Crippen LogP contribution < -0.4 is 26.6 Å². The summed E-state index contributed by atoms with van der Waals surface area (Å²) < 4.78 is 98.0. The molecule has 5 saturated heterocycles. The van der Waals surface area contributed by atoms with E-state index in [0.717, 1.165) is 34.6 Å². The Kier molecular flexibility index (Phi) is 25.0. The minimum absolute atomic E-state index is 0.610. The summed E-state index contributed by atoms with van der Waals surface area (Å²) in [5.74, 6) is -5.66. The van der Waals surface area contributed by atoms with Gasteiger partial charge in [0.25, 0.3) is 0 Å². The Morgan fingerprint density at radius 3 is 1.29 bits per heavy atom. The number of carbonyl (C=O) groups excluding carboxylic acids is 5. The molecule has 37 nitrogen and oxygen atoms in total. The predicted octanol–water partition coefficient (Wildman–Crippen LogP) is -11.9. The number of carbonyl (C=O) groups is 5. The van der Waals surface area contributed by atoms with Crippen LogP contribution in [-0.4, -0.2) is 320 Å². The Morgan fingerprint density at radius 2 is 0.835 bits per heavy atom. The van der Waals surface area contributed by atoms with Crippen LogP contribution in [0.15, 0.2) is 0 Å². The van der Waals surface area contributed by atoms with Crippen LogP contribution in [-0.2, 0) is 85.9 Å². The van der Waals surface area contributed by atoms with Gasteiger partial charge in [-0.3, -0.25) is 28.5 Å². The molecule has 5 aliphatic heterocycles. The summed E-state index contributed by atoms with van der Waals surface area (Å²) in [6.07, 6.45) is -43.7. The highest BCUT2D eigenvalue weighted by atomic mass is 32.3. The van der Waals surface area contributed by atoms with Crippen molar-refractivity contribution < 1.29 is 155 Å². The fourth-order valence-electron chi connectivity index (χ4n) is 11.1. The number of hydrogen-bond donors (Lipinski definition) is 19. The maximum absolute atomic E-state index is 12.9. The molecule has 85 heavy (non-hydrogen) atoms. The fraction of sp³-hybridized carbons (Fsp3) is 0.894. The van der Waals surface area contributed by atoms with Crippen molar-refractivity contribution in [3.05, 3.63) is 0 Å². The Hall–Kier alpha value is -3.70. The molecule has 0 aromatic carbocycles. The van der Waals surface area contributed by atoms with Crippen molar-refractivity contribution in [1.29, 1.82) is 0 Å². The largest absolute Gasteiger partial charge is 0.397 e. The second-order valence-corrected chi connectivity index (χ2v) is 22.6. The van der Waals surface area contributed by atoms with Crippen molar-refractivity contribution >= 4 is 39.9 Å². The maximum atomic E-state index is 12.9. The van der Waals surface area contributed by atoms with Gasteiger partial charge in [0.1, 0.15) is 122 Å². The molecule has 30 unspecified atom stereocenters. The zero-order chi connectivity index (χ0) is 63.3. The molecule has 0 aromatic heterocycles. The predicted molar refractivity (Wildman–Crippen MR) is 269 cm³/mol. The van der Waals surface area contributed by atoms with Crippen LogP contribution in [0.2, 0.25) is 0 Å². The highest BCUT2D eigenvalue weighted by molar-refractivity contribution is 7.80. The molecule has 30 atom stereocenters. The first-order valence-corrected chi connectivity index (χ1v) is 28.3. The van der Waals surface area contributed by atoms with Crippen molar-refractivity contribution in [2.24, 2.45) is 5.92 Å². The summed E-state index contributed by atoms with van der Waals surface area (Å²) in [4.78, 5) is 62.9. The third-order valence-electron chi connectivity index (χ3n) is 15.1. The van der Waals surface area contributed by atoms with Crippen LogP contribution in [0.1, 0.15) is 48.0 Å². The number of amides is 5. The number of rotatable bonds is 22. The van der Waals surface area contributed by atoms with E-state index < -0.39 is 263 Å². The van der Waals surface area contributed by atoms with Gasteiger partial charge >= 0.3 is 10.4 Å². The van der Waals surface area contributed by atoms with Gasteiger partial charge in [-0.15, -0.1) is 0 Å². The van der Waals surface area contributed by atoms with Gasteiger partial charge in [0.2, 0.25) is 29.5 Å². The van der Waals surface area contributed by atoms with Crippen molar-refractivity contribution in [3.8, 4) is 0 Å². The summed E-state index contributed by atoms with van der Waals surface area (Å²) >= 11 is 0. The second kappa shape index (κ2) is 30.2. The SMILES string of the molecule is CC(=O)NC1C(O)OC(COC2OC(C)C(O)C(O)C2O)C(OC2CC(COS(=O)(=O)O)C(OC3OC(CO)C(OC4OC(CO)C(OC5OC(CO)C(O)C(O)C5NC(C)=O)C(O)C4NC(C)=O)C(O)C3NC(C)=O)C(O)C2NC(C)=O)C1O. The van der Waals surface area contributed by atoms with Crippen LogP contribution in [0, 0.1) is 5.92 Å². The van der Waals surface area contributed by atoms with Gasteiger partial charge in [0.05, 0.1) is 57.4 Å². The number of ether oxygens (including phenoxy) is 10. The minimum atomic E-state index is -5.33. The lowest BCUT2D eigenvalue weighted by atomic mass is 9.79. The van der Waals surface area contributed by atoms with Crippen LogP contribution in [0.4, 0.5) is 0 Å². The van der Waals surface area contributed by atoms with E-state index in [-0.39, 0.29) is 0 Å². The van der Waals surface area contributed by atoms with Gasteiger partial charge in [0, 0.05) is 40.5 Å². The van der Waals surface area contributed by atoms with Crippen molar-refractivity contribution in [2.75, 3.05) is 33.0 Å². The van der Waals surface area contributed by atoms with Gasteiger partial charge in [-0.05, 0) is 13.3 Å². The summed E-state index contributed by atoms with van der Waals surface area (Å²) in [5, 5.41) is 155. The van der Waals surface area contributed by atoms with Crippen molar-refractivity contribution in [1.82, 2.24) is 26.6 Å². The Balaban J connectivity index is 1.29. The molecule has 1 saturated carbocycles. The summed E-state index contributed by atoms with van der Waals surface area (Å²) in [6, 6.07) is -8.53. The lowest BCUT2D eigenvalue weighted by Gasteiger charge is -2.51. The molecule has 6 rings (SSSR count). The number of aliphatic hydroxyl groups is 13. The second-order valence-electron chi connectivity index (χ2n) is 21.5. The molecule has 490 valence electrons. The fourth-order valence-corrected chi connectivity index (χ4v) is 11.4. The van der Waals surface area contributed by atoms with E-state index in [9.17, 15) is 103 Å². The highest BCUT2D eigenvalue weighted by Gasteiger charge is 2.58. The van der Waals surface area contributed by atoms with E-state index in [4.69, 9.17) is 51.6 Å². The molecule has 0 spiro atoms. The molecule has 19 N–H and O–H groups in total. The Morgan fingerprint density at radius 1 is 0.435 bits per heavy atom. The molecule has 0 radical (unpaired) electrons. The van der Waals surface area contributed by atoms with E-state index in [1.54, 1.807) is 0 Å². The van der Waals surface area contributed by atoms with Crippen molar-refractivity contribution in [3.63, 3.8) is 0 Å². The van der Waals surface area contributed by atoms with E-state index in [0.29, 0.717) is 0 Å². The molecule has 6 fully saturated rings. The third kappa shape index (κ3) is 17.2. The number of aliphatic hydroxyl groups excluding tert-OH is 13. The van der Waals surface area contributed by atoms with Gasteiger partial charge < -0.3 is 140 Å². The number of nitrogens with one attached hydrogen (secondary N) is 5. The third-order valence-corrected chi connectivity index (χ3v) is 15.5. The lowest BCUT2D eigenvalue weighted by Crippen LogP contribution is -2.71.